The number of halogens is 1. The molecule has 1 aromatic carbocycles. The van der Waals surface area contributed by atoms with E-state index in [1.807, 2.05) is 0 Å². The van der Waals surface area contributed by atoms with E-state index in [1.54, 1.807) is 24.5 Å². The largest absolute Gasteiger partial charge is 0.508 e. The van der Waals surface area contributed by atoms with Crippen LogP contribution in [0.4, 0.5) is 10.1 Å². The Bertz CT molecular complexity index is 558. The van der Waals surface area contributed by atoms with Crippen molar-refractivity contribution in [3.05, 3.63) is 54.1 Å². The van der Waals surface area contributed by atoms with Crippen LogP contribution in [-0.2, 0) is 11.2 Å². The van der Waals surface area contributed by atoms with Crippen molar-refractivity contribution in [1.82, 2.24) is 4.98 Å². The molecule has 1 aromatic heterocycles. The summed E-state index contributed by atoms with van der Waals surface area (Å²) >= 11 is 0. The lowest BCUT2D eigenvalue weighted by Crippen LogP contribution is -2.15. The molecule has 0 unspecified atom stereocenters. The maximum absolute atomic E-state index is 13.4. The molecular formula is C13H11FN2O2. The lowest BCUT2D eigenvalue weighted by atomic mass is 10.2. The van der Waals surface area contributed by atoms with Crippen molar-refractivity contribution in [2.75, 3.05) is 5.32 Å². The zero-order valence-corrected chi connectivity index (χ0v) is 9.43. The maximum atomic E-state index is 13.4. The van der Waals surface area contributed by atoms with Gasteiger partial charge < -0.3 is 10.4 Å². The third kappa shape index (κ3) is 3.04. The molecular weight excluding hydrogens is 235 g/mol. The number of hydrogen-bond donors (Lipinski definition) is 2. The highest BCUT2D eigenvalue weighted by molar-refractivity contribution is 5.92. The van der Waals surface area contributed by atoms with Crippen LogP contribution in [0.15, 0.2) is 42.7 Å². The van der Waals surface area contributed by atoms with Gasteiger partial charge in [-0.3, -0.25) is 9.78 Å². The molecule has 2 rings (SSSR count). The van der Waals surface area contributed by atoms with Gasteiger partial charge in [-0.25, -0.2) is 4.39 Å². The van der Waals surface area contributed by atoms with Gasteiger partial charge in [0, 0.05) is 18.5 Å². The molecule has 0 atom stereocenters. The van der Waals surface area contributed by atoms with Gasteiger partial charge in [0.05, 0.1) is 12.1 Å². The Kier molecular flexibility index (Phi) is 3.52. The molecule has 0 saturated heterocycles. The number of anilines is 1. The third-order valence-corrected chi connectivity index (χ3v) is 2.31. The summed E-state index contributed by atoms with van der Waals surface area (Å²) in [5, 5.41) is 11.5. The second kappa shape index (κ2) is 5.27. The summed E-state index contributed by atoms with van der Waals surface area (Å²) in [6.45, 7) is 0. The van der Waals surface area contributed by atoms with E-state index in [-0.39, 0.29) is 23.8 Å². The molecule has 0 aliphatic heterocycles. The third-order valence-electron chi connectivity index (χ3n) is 2.31. The van der Waals surface area contributed by atoms with Crippen molar-refractivity contribution in [3.8, 4) is 5.75 Å². The second-order valence-electron chi connectivity index (χ2n) is 3.75. The minimum Gasteiger partial charge on any atom is -0.508 e. The van der Waals surface area contributed by atoms with Crippen molar-refractivity contribution in [2.24, 2.45) is 0 Å². The van der Waals surface area contributed by atoms with E-state index >= 15 is 0 Å². The molecule has 0 radical (unpaired) electrons. The predicted molar refractivity (Wildman–Crippen MR) is 64.6 cm³/mol. The first kappa shape index (κ1) is 12.0. The highest BCUT2D eigenvalue weighted by Crippen LogP contribution is 2.19. The Morgan fingerprint density at radius 1 is 1.39 bits per heavy atom. The average molecular weight is 246 g/mol. The van der Waals surface area contributed by atoms with E-state index in [0.717, 1.165) is 11.6 Å². The van der Waals surface area contributed by atoms with Crippen LogP contribution in [-0.4, -0.2) is 16.0 Å². The lowest BCUT2D eigenvalue weighted by molar-refractivity contribution is -0.115. The number of aromatic nitrogens is 1. The van der Waals surface area contributed by atoms with Crippen LogP contribution in [0, 0.1) is 5.82 Å². The molecule has 1 amide bonds. The Hall–Kier alpha value is -2.43. The molecule has 0 aliphatic carbocycles. The van der Waals surface area contributed by atoms with E-state index in [0.29, 0.717) is 0 Å². The number of aromatic hydroxyl groups is 1. The van der Waals surface area contributed by atoms with Crippen molar-refractivity contribution in [1.29, 1.82) is 0 Å². The fourth-order valence-corrected chi connectivity index (χ4v) is 1.49. The first-order valence-corrected chi connectivity index (χ1v) is 5.32. The molecule has 4 nitrogen and oxygen atoms in total. The van der Waals surface area contributed by atoms with Gasteiger partial charge in [-0.05, 0) is 23.8 Å². The molecule has 18 heavy (non-hydrogen) atoms. The summed E-state index contributed by atoms with van der Waals surface area (Å²) in [5.41, 5.74) is 0.788. The number of nitrogens with one attached hydrogen (secondary N) is 1. The second-order valence-corrected chi connectivity index (χ2v) is 3.75. The van der Waals surface area contributed by atoms with Crippen LogP contribution < -0.4 is 5.32 Å². The summed E-state index contributed by atoms with van der Waals surface area (Å²) in [6.07, 6.45) is 3.31. The number of carbonyl (C=O) groups excluding carboxylic acids is 1. The molecule has 1 heterocycles. The summed E-state index contributed by atoms with van der Waals surface area (Å²) in [5.74, 6) is -1.19. The number of rotatable bonds is 3. The number of carbonyl (C=O) groups is 1. The zero-order chi connectivity index (χ0) is 13.0. The molecule has 5 heteroatoms. The highest BCUT2D eigenvalue weighted by Gasteiger charge is 2.08. The first-order chi connectivity index (χ1) is 8.65. The molecule has 0 spiro atoms. The van der Waals surface area contributed by atoms with Gasteiger partial charge in [-0.1, -0.05) is 6.07 Å². The monoisotopic (exact) mass is 246 g/mol. The SMILES string of the molecule is O=C(Cc1cccnc1)Nc1ccc(O)cc1F. The Labute approximate surface area is 103 Å². The Morgan fingerprint density at radius 3 is 2.89 bits per heavy atom. The average Bonchev–Trinajstić information content (AvgIpc) is 2.34. The Morgan fingerprint density at radius 2 is 2.22 bits per heavy atom. The first-order valence-electron chi connectivity index (χ1n) is 5.32. The van der Waals surface area contributed by atoms with Gasteiger partial charge in [0.2, 0.25) is 5.91 Å². The summed E-state index contributed by atoms with van der Waals surface area (Å²) in [7, 11) is 0. The molecule has 92 valence electrons. The molecule has 2 N–H and O–H groups in total. The summed E-state index contributed by atoms with van der Waals surface area (Å²) in [4.78, 5) is 15.5. The lowest BCUT2D eigenvalue weighted by Gasteiger charge is -2.06. The van der Waals surface area contributed by atoms with Crippen molar-refractivity contribution in [3.63, 3.8) is 0 Å². The van der Waals surface area contributed by atoms with Gasteiger partial charge in [-0.15, -0.1) is 0 Å². The molecule has 0 bridgehead atoms. The smallest absolute Gasteiger partial charge is 0.228 e. The highest BCUT2D eigenvalue weighted by atomic mass is 19.1. The fourth-order valence-electron chi connectivity index (χ4n) is 1.49. The van der Waals surface area contributed by atoms with Crippen molar-refractivity contribution >= 4 is 11.6 Å². The minimum absolute atomic E-state index is 0.0432. The standard InChI is InChI=1S/C13H11FN2O2/c14-11-7-10(17)3-4-12(11)16-13(18)6-9-2-1-5-15-8-9/h1-5,7-8,17H,6H2,(H,16,18). The van der Waals surface area contributed by atoms with Crippen LogP contribution in [0.2, 0.25) is 0 Å². The van der Waals surface area contributed by atoms with Gasteiger partial charge in [0.1, 0.15) is 11.6 Å². The number of hydrogen-bond acceptors (Lipinski definition) is 3. The van der Waals surface area contributed by atoms with Crippen LogP contribution in [0.3, 0.4) is 0 Å². The van der Waals surface area contributed by atoms with E-state index < -0.39 is 5.82 Å². The molecule has 0 saturated carbocycles. The van der Waals surface area contributed by atoms with Crippen LogP contribution in [0.1, 0.15) is 5.56 Å². The van der Waals surface area contributed by atoms with Crippen LogP contribution >= 0.6 is 0 Å². The topological polar surface area (TPSA) is 62.2 Å². The maximum Gasteiger partial charge on any atom is 0.228 e. The quantitative estimate of drug-likeness (QED) is 0.815. The minimum atomic E-state index is -0.672. The summed E-state index contributed by atoms with van der Waals surface area (Å²) < 4.78 is 13.4. The van der Waals surface area contributed by atoms with Crippen LogP contribution in [0.5, 0.6) is 5.75 Å². The normalized spacial score (nSPS) is 10.1. The predicted octanol–water partition coefficient (Wildman–Crippen LogP) is 2.11. The van der Waals surface area contributed by atoms with Gasteiger partial charge in [0.25, 0.3) is 0 Å². The van der Waals surface area contributed by atoms with Gasteiger partial charge in [0.15, 0.2) is 0 Å². The number of amides is 1. The van der Waals surface area contributed by atoms with Gasteiger partial charge >= 0.3 is 0 Å². The zero-order valence-electron chi connectivity index (χ0n) is 9.43. The van der Waals surface area contributed by atoms with Gasteiger partial charge in [-0.2, -0.15) is 0 Å². The van der Waals surface area contributed by atoms with Crippen molar-refractivity contribution < 1.29 is 14.3 Å². The number of pyridine rings is 1. The van der Waals surface area contributed by atoms with E-state index in [1.165, 1.54) is 12.1 Å². The molecule has 0 aliphatic rings. The number of phenols is 1. The van der Waals surface area contributed by atoms with Crippen molar-refractivity contribution in [2.45, 2.75) is 6.42 Å². The molecule has 2 aromatic rings. The van der Waals surface area contributed by atoms with E-state index in [9.17, 15) is 9.18 Å². The Balaban J connectivity index is 2.03. The molecule has 0 fully saturated rings. The van der Waals surface area contributed by atoms with E-state index in [4.69, 9.17) is 5.11 Å². The number of benzene rings is 1. The van der Waals surface area contributed by atoms with Crippen LogP contribution in [0.25, 0.3) is 0 Å². The fraction of sp³-hybridized carbons (Fsp3) is 0.0769. The summed E-state index contributed by atoms with van der Waals surface area (Å²) in [6, 6.07) is 7.05. The number of nitrogens with zero attached hydrogens (tertiary/aromatic N) is 1. The van der Waals surface area contributed by atoms with E-state index in [2.05, 4.69) is 10.3 Å². The number of phenolic OH excluding ortho intramolecular Hbond substituents is 1.